The number of amides is 1. The number of alkyl carbamates (subject to hydrolysis) is 1. The van der Waals surface area contributed by atoms with Gasteiger partial charge in [-0.15, -0.1) is 10.2 Å². The highest BCUT2D eigenvalue weighted by molar-refractivity contribution is 5.69. The van der Waals surface area contributed by atoms with Gasteiger partial charge in [0.25, 0.3) is 0 Å². The molecule has 0 unspecified atom stereocenters. The number of hydrogen-bond acceptors (Lipinski definition) is 5. The molecule has 0 spiro atoms. The second-order valence-electron chi connectivity index (χ2n) is 6.80. The fraction of sp³-hybridized carbons (Fsp3) is 0.250. The highest BCUT2D eigenvalue weighted by Crippen LogP contribution is 2.25. The molecule has 0 saturated heterocycles. The number of nitrogens with zero attached hydrogens (tertiary/aromatic N) is 2. The summed E-state index contributed by atoms with van der Waals surface area (Å²) in [6.07, 6.45) is -0.550. The zero-order valence-electron chi connectivity index (χ0n) is 15.0. The maximum atomic E-state index is 12.3. The Morgan fingerprint density at radius 3 is 2.23 bits per heavy atom. The Balaban J connectivity index is 1.89. The lowest BCUT2D eigenvalue weighted by atomic mass is 10.1. The van der Waals surface area contributed by atoms with Gasteiger partial charge in [0.2, 0.25) is 11.8 Å². The van der Waals surface area contributed by atoms with E-state index < -0.39 is 17.7 Å². The van der Waals surface area contributed by atoms with Gasteiger partial charge < -0.3 is 14.5 Å². The first-order chi connectivity index (χ1) is 12.4. The topological polar surface area (TPSA) is 77.2 Å². The molecular weight excluding hydrogens is 330 g/mol. The van der Waals surface area contributed by atoms with Crippen molar-refractivity contribution >= 4 is 6.09 Å². The molecule has 26 heavy (non-hydrogen) atoms. The van der Waals surface area contributed by atoms with Gasteiger partial charge in [-0.2, -0.15) is 0 Å². The van der Waals surface area contributed by atoms with Crippen molar-refractivity contribution in [3.05, 3.63) is 72.1 Å². The highest BCUT2D eigenvalue weighted by Gasteiger charge is 2.26. The van der Waals surface area contributed by atoms with E-state index >= 15 is 0 Å². The van der Waals surface area contributed by atoms with Gasteiger partial charge in [-0.1, -0.05) is 48.5 Å². The quantitative estimate of drug-likeness (QED) is 0.756. The summed E-state index contributed by atoms with van der Waals surface area (Å²) in [6, 6.07) is 18.3. The molecule has 6 heteroatoms. The van der Waals surface area contributed by atoms with Crippen molar-refractivity contribution in [1.82, 2.24) is 15.5 Å². The summed E-state index contributed by atoms with van der Waals surface area (Å²) >= 11 is 0. The normalized spacial score (nSPS) is 12.4. The Bertz CT molecular complexity index is 855. The summed E-state index contributed by atoms with van der Waals surface area (Å²) in [5.74, 6) is 0.688. The van der Waals surface area contributed by atoms with Crippen molar-refractivity contribution in [3.8, 4) is 11.5 Å². The van der Waals surface area contributed by atoms with Gasteiger partial charge in [-0.25, -0.2) is 4.79 Å². The van der Waals surface area contributed by atoms with Crippen LogP contribution in [0.1, 0.15) is 38.3 Å². The van der Waals surface area contributed by atoms with E-state index in [1.54, 1.807) is 0 Å². The van der Waals surface area contributed by atoms with Crippen LogP contribution in [0.25, 0.3) is 11.5 Å². The van der Waals surface area contributed by atoms with E-state index in [0.717, 1.165) is 11.1 Å². The highest BCUT2D eigenvalue weighted by atomic mass is 16.6. The molecule has 0 aliphatic heterocycles. The van der Waals surface area contributed by atoms with Gasteiger partial charge in [-0.3, -0.25) is 0 Å². The Morgan fingerprint density at radius 1 is 1.00 bits per heavy atom. The van der Waals surface area contributed by atoms with E-state index in [0.29, 0.717) is 11.8 Å². The zero-order valence-corrected chi connectivity index (χ0v) is 15.0. The van der Waals surface area contributed by atoms with Crippen molar-refractivity contribution in [3.63, 3.8) is 0 Å². The van der Waals surface area contributed by atoms with Crippen LogP contribution >= 0.6 is 0 Å². The first-order valence-corrected chi connectivity index (χ1v) is 8.36. The van der Waals surface area contributed by atoms with Crippen LogP contribution in [-0.4, -0.2) is 21.9 Å². The average molecular weight is 351 g/mol. The minimum atomic E-state index is -0.602. The van der Waals surface area contributed by atoms with Gasteiger partial charge >= 0.3 is 6.09 Å². The number of benzene rings is 2. The van der Waals surface area contributed by atoms with Gasteiger partial charge in [-0.05, 0) is 38.5 Å². The third-order valence-electron chi connectivity index (χ3n) is 3.50. The molecule has 1 N–H and O–H groups in total. The first kappa shape index (κ1) is 17.7. The maximum Gasteiger partial charge on any atom is 0.408 e. The average Bonchev–Trinajstić information content (AvgIpc) is 3.09. The van der Waals surface area contributed by atoms with Crippen molar-refractivity contribution in [2.45, 2.75) is 32.4 Å². The second kappa shape index (κ2) is 7.39. The van der Waals surface area contributed by atoms with E-state index in [9.17, 15) is 4.79 Å². The summed E-state index contributed by atoms with van der Waals surface area (Å²) in [4.78, 5) is 12.3. The molecule has 0 aliphatic rings. The molecule has 0 fully saturated rings. The number of hydrogen-bond donors (Lipinski definition) is 1. The molecule has 3 aromatic rings. The fourth-order valence-electron chi connectivity index (χ4n) is 2.41. The molecule has 0 bridgehead atoms. The molecule has 1 amide bonds. The van der Waals surface area contributed by atoms with Crippen molar-refractivity contribution in [2.24, 2.45) is 0 Å². The molecule has 0 aliphatic carbocycles. The number of aromatic nitrogens is 2. The molecule has 1 atom stereocenters. The Kier molecular flexibility index (Phi) is 5.02. The third kappa shape index (κ3) is 4.47. The van der Waals surface area contributed by atoms with E-state index in [1.807, 2.05) is 81.4 Å². The van der Waals surface area contributed by atoms with E-state index in [1.165, 1.54) is 0 Å². The first-order valence-electron chi connectivity index (χ1n) is 8.36. The third-order valence-corrected chi connectivity index (χ3v) is 3.50. The molecule has 3 rings (SSSR count). The lowest BCUT2D eigenvalue weighted by molar-refractivity contribution is 0.0506. The lowest BCUT2D eigenvalue weighted by Gasteiger charge is -2.22. The summed E-state index contributed by atoms with van der Waals surface area (Å²) < 4.78 is 11.2. The Labute approximate surface area is 152 Å². The fourth-order valence-corrected chi connectivity index (χ4v) is 2.41. The van der Waals surface area contributed by atoms with Gasteiger partial charge in [0.05, 0.1) is 0 Å². The molecule has 1 aromatic heterocycles. The van der Waals surface area contributed by atoms with E-state index in [2.05, 4.69) is 15.5 Å². The van der Waals surface area contributed by atoms with Crippen molar-refractivity contribution < 1.29 is 13.9 Å². The molecule has 0 radical (unpaired) electrons. The van der Waals surface area contributed by atoms with Crippen LogP contribution in [0.4, 0.5) is 4.79 Å². The number of carbonyl (C=O) groups is 1. The predicted octanol–water partition coefficient (Wildman–Crippen LogP) is 4.35. The van der Waals surface area contributed by atoms with E-state index in [4.69, 9.17) is 9.15 Å². The number of carbonyl (C=O) groups excluding carboxylic acids is 1. The van der Waals surface area contributed by atoms with Crippen LogP contribution in [0.5, 0.6) is 0 Å². The monoisotopic (exact) mass is 351 g/mol. The van der Waals surface area contributed by atoms with Crippen LogP contribution in [0.3, 0.4) is 0 Å². The molecule has 0 saturated carbocycles. The molecule has 2 aromatic carbocycles. The number of ether oxygens (including phenoxy) is 1. The predicted molar refractivity (Wildman–Crippen MR) is 97.4 cm³/mol. The van der Waals surface area contributed by atoms with Crippen molar-refractivity contribution in [1.29, 1.82) is 0 Å². The molecule has 1 heterocycles. The smallest absolute Gasteiger partial charge is 0.408 e. The van der Waals surface area contributed by atoms with Gasteiger partial charge in [0.1, 0.15) is 11.6 Å². The molecule has 6 nitrogen and oxygen atoms in total. The van der Waals surface area contributed by atoms with Crippen LogP contribution in [0.2, 0.25) is 0 Å². The van der Waals surface area contributed by atoms with Crippen LogP contribution in [0, 0.1) is 0 Å². The van der Waals surface area contributed by atoms with Crippen LogP contribution in [0.15, 0.2) is 65.1 Å². The summed E-state index contributed by atoms with van der Waals surface area (Å²) in [5, 5.41) is 11.1. The van der Waals surface area contributed by atoms with Crippen LogP contribution < -0.4 is 5.32 Å². The standard InChI is InChI=1S/C20H21N3O3/c1-20(2,3)26-19(24)21-16(14-10-6-4-7-11-14)18-23-22-17(25-18)15-12-8-5-9-13-15/h4-13,16H,1-3H3,(H,21,24)/t16-/m0/s1. The van der Waals surface area contributed by atoms with Crippen molar-refractivity contribution in [2.75, 3.05) is 0 Å². The molecule has 134 valence electrons. The van der Waals surface area contributed by atoms with Gasteiger partial charge in [0.15, 0.2) is 0 Å². The largest absolute Gasteiger partial charge is 0.444 e. The maximum absolute atomic E-state index is 12.3. The molecular formula is C20H21N3O3. The van der Waals surface area contributed by atoms with Crippen LogP contribution in [-0.2, 0) is 4.74 Å². The summed E-state index contributed by atoms with van der Waals surface area (Å²) in [6.45, 7) is 5.43. The number of rotatable bonds is 4. The number of nitrogens with one attached hydrogen (secondary N) is 1. The lowest BCUT2D eigenvalue weighted by Crippen LogP contribution is -2.35. The van der Waals surface area contributed by atoms with E-state index in [-0.39, 0.29) is 0 Å². The summed E-state index contributed by atoms with van der Waals surface area (Å²) in [5.41, 5.74) is 1.03. The minimum absolute atomic E-state index is 0.293. The van der Waals surface area contributed by atoms with Gasteiger partial charge in [0, 0.05) is 5.56 Å². The summed E-state index contributed by atoms with van der Waals surface area (Å²) in [7, 11) is 0. The SMILES string of the molecule is CC(C)(C)OC(=O)N[C@@H](c1ccccc1)c1nnc(-c2ccccc2)o1. The Hall–Kier alpha value is -3.15. The zero-order chi connectivity index (χ0) is 18.6. The minimum Gasteiger partial charge on any atom is -0.444 e. The Morgan fingerprint density at radius 2 is 1.62 bits per heavy atom. The second-order valence-corrected chi connectivity index (χ2v) is 6.80.